The Hall–Kier alpha value is -3.09. The molecule has 1 unspecified atom stereocenters. The second kappa shape index (κ2) is 10.7. The Morgan fingerprint density at radius 1 is 0.914 bits per heavy atom. The summed E-state index contributed by atoms with van der Waals surface area (Å²) < 4.78 is 27.4. The molecule has 0 spiro atoms. The van der Waals surface area contributed by atoms with Crippen molar-refractivity contribution >= 4 is 5.91 Å². The third kappa shape index (κ3) is 5.95. The predicted molar refractivity (Wildman–Crippen MR) is 136 cm³/mol. The quantitative estimate of drug-likeness (QED) is 0.411. The largest absolute Gasteiger partial charge is 0.352 e. The second-order valence-corrected chi connectivity index (χ2v) is 9.90. The minimum absolute atomic E-state index is 0.0241. The number of hydrogen-bond donors (Lipinski definition) is 3. The van der Waals surface area contributed by atoms with Crippen LogP contribution in [0, 0.1) is 17.6 Å². The molecule has 3 atom stereocenters. The van der Waals surface area contributed by atoms with Gasteiger partial charge in [0, 0.05) is 31.6 Å². The molecule has 0 fully saturated rings. The van der Waals surface area contributed by atoms with Gasteiger partial charge in [0.1, 0.15) is 11.6 Å². The Labute approximate surface area is 205 Å². The zero-order chi connectivity index (χ0) is 25.1. The first kappa shape index (κ1) is 25.0. The van der Waals surface area contributed by atoms with Crippen molar-refractivity contribution in [2.24, 2.45) is 11.7 Å². The van der Waals surface area contributed by atoms with Gasteiger partial charge in [-0.3, -0.25) is 4.79 Å². The highest BCUT2D eigenvalue weighted by atomic mass is 19.1. The number of benzene rings is 3. The molecule has 4 nitrogen and oxygen atoms in total. The van der Waals surface area contributed by atoms with Crippen LogP contribution in [0.5, 0.6) is 0 Å². The van der Waals surface area contributed by atoms with E-state index < -0.39 is 23.7 Å². The molecule has 1 aliphatic rings. The molecule has 4 rings (SSSR count). The Balaban J connectivity index is 1.55. The maximum absolute atomic E-state index is 13.7. The van der Waals surface area contributed by atoms with Gasteiger partial charge in [0.25, 0.3) is 0 Å². The van der Waals surface area contributed by atoms with Gasteiger partial charge >= 0.3 is 0 Å². The monoisotopic (exact) mass is 477 g/mol. The lowest BCUT2D eigenvalue weighted by molar-refractivity contribution is -0.119. The summed E-state index contributed by atoms with van der Waals surface area (Å²) in [6, 6.07) is 17.4. The summed E-state index contributed by atoms with van der Waals surface area (Å²) in [7, 11) is 0. The van der Waals surface area contributed by atoms with Crippen LogP contribution in [0.25, 0.3) is 11.1 Å². The van der Waals surface area contributed by atoms with E-state index in [0.717, 1.165) is 12.5 Å². The van der Waals surface area contributed by atoms with Crippen LogP contribution in [0.3, 0.4) is 0 Å². The molecule has 1 amide bonds. The number of carbonyl (C=O) groups excluding carboxylic acids is 1. The van der Waals surface area contributed by atoms with E-state index in [9.17, 15) is 13.6 Å². The molecule has 4 N–H and O–H groups in total. The van der Waals surface area contributed by atoms with Gasteiger partial charge in [0.2, 0.25) is 5.91 Å². The van der Waals surface area contributed by atoms with Gasteiger partial charge in [0.05, 0.1) is 6.04 Å². The first-order valence-electron chi connectivity index (χ1n) is 12.1. The fourth-order valence-electron chi connectivity index (χ4n) is 5.03. The predicted octanol–water partition coefficient (Wildman–Crippen LogP) is 4.90. The van der Waals surface area contributed by atoms with Crippen molar-refractivity contribution in [1.29, 1.82) is 0 Å². The lowest BCUT2D eigenvalue weighted by Crippen LogP contribution is -2.53. The molecule has 0 radical (unpaired) electrons. The van der Waals surface area contributed by atoms with Crippen LogP contribution in [0.4, 0.5) is 8.78 Å². The molecule has 184 valence electrons. The van der Waals surface area contributed by atoms with E-state index in [-0.39, 0.29) is 18.4 Å². The topological polar surface area (TPSA) is 67.2 Å². The molecule has 0 aliphatic heterocycles. The van der Waals surface area contributed by atoms with Crippen molar-refractivity contribution in [2.75, 3.05) is 6.54 Å². The van der Waals surface area contributed by atoms with E-state index >= 15 is 0 Å². The van der Waals surface area contributed by atoms with E-state index in [1.54, 1.807) is 0 Å². The number of nitrogens with one attached hydrogen (secondary N) is 2. The van der Waals surface area contributed by atoms with Gasteiger partial charge in [0.15, 0.2) is 0 Å². The Morgan fingerprint density at radius 3 is 2.29 bits per heavy atom. The molecular weight excluding hydrogens is 444 g/mol. The van der Waals surface area contributed by atoms with Crippen LogP contribution in [-0.2, 0) is 17.6 Å². The standard InChI is InChI=1S/C29H33F2N3O/c1-17(2)10-19-8-9-24-23-6-4-5-7-25(23)29(26(24)13-19)33-16-27(32)28(34-18(3)35)14-20-11-21(30)15-22(31)12-20/h4-9,11-13,15,17,27-29,33H,10,14,16,32H2,1-3H3,(H,34,35)/t27-,28+,29?/m1/s1. The fraction of sp³-hybridized carbons (Fsp3) is 0.345. The number of carbonyl (C=O) groups is 1. The average Bonchev–Trinajstić information content (AvgIpc) is 3.08. The number of halogens is 2. The number of fused-ring (bicyclic) bond motifs is 3. The summed E-state index contributed by atoms with van der Waals surface area (Å²) in [6.07, 6.45) is 1.23. The van der Waals surface area contributed by atoms with Crippen LogP contribution in [-0.4, -0.2) is 24.5 Å². The maximum Gasteiger partial charge on any atom is 0.217 e. The molecule has 0 bridgehead atoms. The molecule has 1 aliphatic carbocycles. The molecule has 0 aromatic heterocycles. The first-order chi connectivity index (χ1) is 16.7. The highest BCUT2D eigenvalue weighted by Gasteiger charge is 2.30. The lowest BCUT2D eigenvalue weighted by Gasteiger charge is -2.27. The van der Waals surface area contributed by atoms with Crippen molar-refractivity contribution < 1.29 is 13.6 Å². The second-order valence-electron chi connectivity index (χ2n) is 9.90. The van der Waals surface area contributed by atoms with Crippen molar-refractivity contribution in [2.45, 2.75) is 51.7 Å². The molecule has 6 heteroatoms. The van der Waals surface area contributed by atoms with Crippen LogP contribution in [0.15, 0.2) is 60.7 Å². The first-order valence-corrected chi connectivity index (χ1v) is 12.1. The summed E-state index contributed by atoms with van der Waals surface area (Å²) in [6.45, 7) is 6.25. The van der Waals surface area contributed by atoms with Gasteiger partial charge in [-0.1, -0.05) is 56.3 Å². The van der Waals surface area contributed by atoms with Crippen LogP contribution in [0.2, 0.25) is 0 Å². The van der Waals surface area contributed by atoms with Crippen molar-refractivity contribution in [1.82, 2.24) is 10.6 Å². The van der Waals surface area contributed by atoms with Crippen molar-refractivity contribution in [3.8, 4) is 11.1 Å². The van der Waals surface area contributed by atoms with Gasteiger partial charge in [-0.15, -0.1) is 0 Å². The summed E-state index contributed by atoms with van der Waals surface area (Å²) >= 11 is 0. The third-order valence-corrected chi connectivity index (χ3v) is 6.47. The van der Waals surface area contributed by atoms with Crippen LogP contribution < -0.4 is 16.4 Å². The van der Waals surface area contributed by atoms with Crippen LogP contribution in [0.1, 0.15) is 49.1 Å². The summed E-state index contributed by atoms with van der Waals surface area (Å²) in [5, 5.41) is 6.47. The normalized spacial score (nSPS) is 16.0. The lowest BCUT2D eigenvalue weighted by atomic mass is 9.96. The smallest absolute Gasteiger partial charge is 0.217 e. The highest BCUT2D eigenvalue weighted by Crippen LogP contribution is 2.43. The number of hydrogen-bond acceptors (Lipinski definition) is 3. The molecule has 35 heavy (non-hydrogen) atoms. The Kier molecular flexibility index (Phi) is 7.63. The van der Waals surface area contributed by atoms with Crippen molar-refractivity contribution in [3.05, 3.63) is 94.6 Å². The summed E-state index contributed by atoms with van der Waals surface area (Å²) in [4.78, 5) is 11.9. The summed E-state index contributed by atoms with van der Waals surface area (Å²) in [5.74, 6) is -0.978. The third-order valence-electron chi connectivity index (χ3n) is 6.47. The van der Waals surface area contributed by atoms with E-state index in [4.69, 9.17) is 5.73 Å². The minimum Gasteiger partial charge on any atom is -0.352 e. The molecular formula is C29H33F2N3O. The van der Waals surface area contributed by atoms with E-state index in [2.05, 4.69) is 54.8 Å². The molecule has 0 saturated carbocycles. The van der Waals surface area contributed by atoms with Gasteiger partial charge in [-0.2, -0.15) is 0 Å². The number of rotatable bonds is 9. The van der Waals surface area contributed by atoms with Crippen molar-refractivity contribution in [3.63, 3.8) is 0 Å². The van der Waals surface area contributed by atoms with Crippen LogP contribution >= 0.6 is 0 Å². The van der Waals surface area contributed by atoms with E-state index in [1.165, 1.54) is 46.9 Å². The van der Waals surface area contributed by atoms with Gasteiger partial charge < -0.3 is 16.4 Å². The highest BCUT2D eigenvalue weighted by molar-refractivity contribution is 5.79. The van der Waals surface area contributed by atoms with E-state index in [0.29, 0.717) is 18.0 Å². The molecule has 0 heterocycles. The molecule has 3 aromatic rings. The zero-order valence-electron chi connectivity index (χ0n) is 20.4. The fourth-order valence-corrected chi connectivity index (χ4v) is 5.03. The molecule has 0 saturated heterocycles. The minimum atomic E-state index is -0.648. The summed E-state index contributed by atoms with van der Waals surface area (Å²) in [5.41, 5.74) is 13.1. The Bertz CT molecular complexity index is 1190. The average molecular weight is 478 g/mol. The van der Waals surface area contributed by atoms with E-state index in [1.807, 2.05) is 12.1 Å². The maximum atomic E-state index is 13.7. The molecule has 3 aromatic carbocycles. The zero-order valence-corrected chi connectivity index (χ0v) is 20.4. The van der Waals surface area contributed by atoms with Gasteiger partial charge in [-0.25, -0.2) is 8.78 Å². The SMILES string of the molecule is CC(=O)N[C@@H](Cc1cc(F)cc(F)c1)[C@H](N)CNC1c2ccccc2-c2ccc(CC(C)C)cc21. The Morgan fingerprint density at radius 2 is 1.60 bits per heavy atom. The number of amides is 1. The number of nitrogens with two attached hydrogens (primary N) is 1. The van der Waals surface area contributed by atoms with Gasteiger partial charge in [-0.05, 0) is 64.3 Å².